The second-order valence-corrected chi connectivity index (χ2v) is 4.26. The molecule has 66 valence electrons. The maximum absolute atomic E-state index is 4.52. The molecule has 0 aliphatic rings. The fraction of sp³-hybridized carbons (Fsp3) is 0.444. The van der Waals surface area contributed by atoms with E-state index < -0.39 is 0 Å². The number of rotatable bonds is 2. The first-order valence-corrected chi connectivity index (χ1v) is 5.61. The Hall–Kier alpha value is 0.110. The molecule has 0 saturated heterocycles. The molecule has 1 rings (SSSR count). The molecule has 0 aromatic carbocycles. The van der Waals surface area contributed by atoms with E-state index in [9.17, 15) is 0 Å². The highest BCUT2D eigenvalue weighted by atomic mass is 79.9. The van der Waals surface area contributed by atoms with Gasteiger partial charge in [-0.05, 0) is 50.8 Å². The maximum atomic E-state index is 4.52. The number of pyridine rings is 1. The highest BCUT2D eigenvalue weighted by Crippen LogP contribution is 2.23. The van der Waals surface area contributed by atoms with E-state index in [0.717, 1.165) is 33.2 Å². The summed E-state index contributed by atoms with van der Waals surface area (Å²) >= 11 is 6.96. The Labute approximate surface area is 89.8 Å². The molecule has 1 aromatic rings. The zero-order valence-electron chi connectivity index (χ0n) is 7.19. The van der Waals surface area contributed by atoms with Gasteiger partial charge in [-0.15, -0.1) is 0 Å². The molecular formula is C9H11Br2N. The second-order valence-electron chi connectivity index (χ2n) is 2.55. The van der Waals surface area contributed by atoms with Gasteiger partial charge in [0.1, 0.15) is 0 Å². The highest BCUT2D eigenvalue weighted by molar-refractivity contribution is 9.11. The molecule has 0 spiro atoms. The summed E-state index contributed by atoms with van der Waals surface area (Å²) in [6.07, 6.45) is 1.95. The summed E-state index contributed by atoms with van der Waals surface area (Å²) in [5.74, 6) is 0. The topological polar surface area (TPSA) is 12.9 Å². The Morgan fingerprint density at radius 2 is 1.50 bits per heavy atom. The Kier molecular flexibility index (Phi) is 3.72. The molecule has 0 unspecified atom stereocenters. The molecule has 0 aliphatic carbocycles. The summed E-state index contributed by atoms with van der Waals surface area (Å²) in [5.41, 5.74) is 2.27. The van der Waals surface area contributed by atoms with Gasteiger partial charge in [-0.2, -0.15) is 0 Å². The molecule has 0 radical (unpaired) electrons. The van der Waals surface area contributed by atoms with Gasteiger partial charge >= 0.3 is 0 Å². The molecule has 0 amide bonds. The molecule has 0 saturated carbocycles. The van der Waals surface area contributed by atoms with Crippen molar-refractivity contribution in [1.29, 1.82) is 0 Å². The van der Waals surface area contributed by atoms with Crippen LogP contribution in [0.25, 0.3) is 0 Å². The van der Waals surface area contributed by atoms with Gasteiger partial charge in [-0.25, -0.2) is 0 Å². The van der Waals surface area contributed by atoms with Gasteiger partial charge < -0.3 is 0 Å². The predicted molar refractivity (Wildman–Crippen MR) is 58.4 cm³/mol. The Morgan fingerprint density at radius 3 is 1.83 bits per heavy atom. The third kappa shape index (κ3) is 2.07. The van der Waals surface area contributed by atoms with Crippen molar-refractivity contribution < 1.29 is 0 Å². The number of hydrogen-bond donors (Lipinski definition) is 0. The lowest BCUT2D eigenvalue weighted by atomic mass is 10.2. The average molecular weight is 293 g/mol. The van der Waals surface area contributed by atoms with Gasteiger partial charge in [-0.3, -0.25) is 4.98 Å². The van der Waals surface area contributed by atoms with Crippen LogP contribution in [0.5, 0.6) is 0 Å². The van der Waals surface area contributed by atoms with Gasteiger partial charge in [0.25, 0.3) is 0 Å². The van der Waals surface area contributed by atoms with E-state index in [1.54, 1.807) is 0 Å². The molecule has 1 aromatic heterocycles. The lowest BCUT2D eigenvalue weighted by molar-refractivity contribution is 0.937. The van der Waals surface area contributed by atoms with Crippen LogP contribution in [-0.2, 0) is 12.8 Å². The van der Waals surface area contributed by atoms with Crippen molar-refractivity contribution >= 4 is 31.9 Å². The third-order valence-corrected chi connectivity index (χ3v) is 3.12. The van der Waals surface area contributed by atoms with Crippen molar-refractivity contribution in [3.8, 4) is 0 Å². The lowest BCUT2D eigenvalue weighted by Crippen LogP contribution is -1.95. The van der Waals surface area contributed by atoms with Crippen molar-refractivity contribution in [2.24, 2.45) is 0 Å². The molecule has 3 heteroatoms. The molecule has 0 atom stereocenters. The fourth-order valence-corrected chi connectivity index (χ4v) is 2.55. The van der Waals surface area contributed by atoms with Gasteiger partial charge in [0, 0.05) is 8.95 Å². The first kappa shape index (κ1) is 10.2. The van der Waals surface area contributed by atoms with E-state index in [-0.39, 0.29) is 0 Å². The second kappa shape index (κ2) is 4.38. The molecule has 12 heavy (non-hydrogen) atoms. The SMILES string of the molecule is CCc1nc(CC)c(Br)cc1Br. The Morgan fingerprint density at radius 1 is 1.08 bits per heavy atom. The van der Waals surface area contributed by atoms with E-state index in [4.69, 9.17) is 0 Å². The zero-order chi connectivity index (χ0) is 9.14. The number of aryl methyl sites for hydroxylation is 2. The molecule has 1 heterocycles. The summed E-state index contributed by atoms with van der Waals surface area (Å²) in [5, 5.41) is 0. The van der Waals surface area contributed by atoms with E-state index >= 15 is 0 Å². The van der Waals surface area contributed by atoms with Gasteiger partial charge in [0.05, 0.1) is 11.4 Å². The van der Waals surface area contributed by atoms with Crippen LogP contribution in [0.1, 0.15) is 25.2 Å². The molecule has 0 fully saturated rings. The number of nitrogens with zero attached hydrogens (tertiary/aromatic N) is 1. The molecule has 0 N–H and O–H groups in total. The van der Waals surface area contributed by atoms with E-state index in [1.807, 2.05) is 0 Å². The third-order valence-electron chi connectivity index (χ3n) is 1.74. The highest BCUT2D eigenvalue weighted by Gasteiger charge is 2.04. The largest absolute Gasteiger partial charge is 0.256 e. The van der Waals surface area contributed by atoms with Crippen LogP contribution in [0.2, 0.25) is 0 Å². The minimum atomic E-state index is 0.973. The summed E-state index contributed by atoms with van der Waals surface area (Å²) < 4.78 is 2.18. The van der Waals surface area contributed by atoms with E-state index in [2.05, 4.69) is 56.8 Å². The minimum absolute atomic E-state index is 0.973. The lowest BCUT2D eigenvalue weighted by Gasteiger charge is -2.05. The van der Waals surface area contributed by atoms with Gasteiger partial charge in [-0.1, -0.05) is 13.8 Å². The predicted octanol–water partition coefficient (Wildman–Crippen LogP) is 3.73. The Balaban J connectivity index is 3.18. The molecular weight excluding hydrogens is 282 g/mol. The number of halogens is 2. The van der Waals surface area contributed by atoms with Crippen LogP contribution in [-0.4, -0.2) is 4.98 Å². The van der Waals surface area contributed by atoms with Crippen LogP contribution in [0.3, 0.4) is 0 Å². The zero-order valence-corrected chi connectivity index (χ0v) is 10.4. The molecule has 0 aliphatic heterocycles. The monoisotopic (exact) mass is 291 g/mol. The Bertz CT molecular complexity index is 259. The molecule has 0 bridgehead atoms. The van der Waals surface area contributed by atoms with Crippen molar-refractivity contribution in [3.63, 3.8) is 0 Å². The van der Waals surface area contributed by atoms with Crippen molar-refractivity contribution in [2.75, 3.05) is 0 Å². The summed E-state index contributed by atoms with van der Waals surface area (Å²) in [7, 11) is 0. The smallest absolute Gasteiger partial charge is 0.0546 e. The van der Waals surface area contributed by atoms with Crippen molar-refractivity contribution in [1.82, 2.24) is 4.98 Å². The summed E-state index contributed by atoms with van der Waals surface area (Å²) in [6, 6.07) is 2.07. The van der Waals surface area contributed by atoms with Gasteiger partial charge in [0.2, 0.25) is 0 Å². The van der Waals surface area contributed by atoms with Crippen molar-refractivity contribution in [2.45, 2.75) is 26.7 Å². The van der Waals surface area contributed by atoms with Crippen molar-refractivity contribution in [3.05, 3.63) is 26.4 Å². The first-order valence-electron chi connectivity index (χ1n) is 4.02. The average Bonchev–Trinajstić information content (AvgIpc) is 2.05. The number of aromatic nitrogens is 1. The number of hydrogen-bond acceptors (Lipinski definition) is 1. The van der Waals surface area contributed by atoms with E-state index in [1.165, 1.54) is 0 Å². The minimum Gasteiger partial charge on any atom is -0.256 e. The van der Waals surface area contributed by atoms with Gasteiger partial charge in [0.15, 0.2) is 0 Å². The standard InChI is InChI=1S/C9H11Br2N/c1-3-8-6(10)5-7(11)9(4-2)12-8/h5H,3-4H2,1-2H3. The van der Waals surface area contributed by atoms with Crippen LogP contribution in [0.4, 0.5) is 0 Å². The van der Waals surface area contributed by atoms with Crippen LogP contribution in [0.15, 0.2) is 15.0 Å². The van der Waals surface area contributed by atoms with Crippen LogP contribution in [0, 0.1) is 0 Å². The molecule has 1 nitrogen and oxygen atoms in total. The summed E-state index contributed by atoms with van der Waals surface area (Å²) in [4.78, 5) is 4.52. The maximum Gasteiger partial charge on any atom is 0.0546 e. The first-order chi connectivity index (χ1) is 5.69. The quantitative estimate of drug-likeness (QED) is 0.809. The van der Waals surface area contributed by atoms with Crippen LogP contribution >= 0.6 is 31.9 Å². The summed E-state index contributed by atoms with van der Waals surface area (Å²) in [6.45, 7) is 4.22. The normalized spacial score (nSPS) is 10.3. The van der Waals surface area contributed by atoms with E-state index in [0.29, 0.717) is 0 Å². The van der Waals surface area contributed by atoms with Crippen LogP contribution < -0.4 is 0 Å². The fourth-order valence-electron chi connectivity index (χ4n) is 1.04.